The van der Waals surface area contributed by atoms with Crippen LogP contribution >= 0.6 is 0 Å². The molecule has 0 amide bonds. The maximum atomic E-state index is 12.2. The van der Waals surface area contributed by atoms with Gasteiger partial charge >= 0.3 is 0 Å². The van der Waals surface area contributed by atoms with E-state index in [4.69, 9.17) is 0 Å². The fourth-order valence-corrected chi connectivity index (χ4v) is 2.78. The summed E-state index contributed by atoms with van der Waals surface area (Å²) in [6.45, 7) is 7.73. The number of carbonyl (C=O) groups excluding carboxylic acids is 1. The quantitative estimate of drug-likeness (QED) is 0.557. The van der Waals surface area contributed by atoms with Gasteiger partial charge in [-0.15, -0.1) is 0 Å². The van der Waals surface area contributed by atoms with E-state index in [-0.39, 0.29) is 5.78 Å². The maximum Gasteiger partial charge on any atom is 0.164 e. The van der Waals surface area contributed by atoms with E-state index in [1.807, 2.05) is 20.8 Å². The summed E-state index contributed by atoms with van der Waals surface area (Å²) in [7, 11) is 4.39. The molecule has 2 nitrogen and oxygen atoms in total. The molecule has 0 aliphatic heterocycles. The molecule has 0 unspecified atom stereocenters. The first-order valence-corrected chi connectivity index (χ1v) is 8.25. The molecule has 2 aromatic rings. The molecule has 0 radical (unpaired) electrons. The Bertz CT molecular complexity index is 736. The Hall–Kier alpha value is -1.93. The molecule has 0 fully saturated rings. The summed E-state index contributed by atoms with van der Waals surface area (Å²) in [4.78, 5) is 12.2. The van der Waals surface area contributed by atoms with Crippen molar-refractivity contribution in [1.29, 1.82) is 0 Å². The van der Waals surface area contributed by atoms with Gasteiger partial charge < -0.3 is 4.48 Å². The van der Waals surface area contributed by atoms with Crippen molar-refractivity contribution in [3.05, 3.63) is 59.2 Å². The van der Waals surface area contributed by atoms with Crippen molar-refractivity contribution in [1.82, 2.24) is 0 Å². The second-order valence-electron chi connectivity index (χ2n) is 7.30. The minimum atomic E-state index is 0.273. The van der Waals surface area contributed by atoms with Crippen LogP contribution < -0.4 is 0 Å². The van der Waals surface area contributed by atoms with Gasteiger partial charge in [0.25, 0.3) is 0 Å². The van der Waals surface area contributed by atoms with E-state index in [9.17, 15) is 4.79 Å². The molecule has 0 aliphatic rings. The van der Waals surface area contributed by atoms with Crippen molar-refractivity contribution in [3.63, 3.8) is 0 Å². The van der Waals surface area contributed by atoms with Crippen molar-refractivity contribution in [2.24, 2.45) is 0 Å². The van der Waals surface area contributed by atoms with E-state index in [2.05, 4.69) is 56.6 Å². The number of hydrogen-bond donors (Lipinski definition) is 0. The van der Waals surface area contributed by atoms with Gasteiger partial charge in [-0.25, -0.2) is 0 Å². The average Bonchev–Trinajstić information content (AvgIpc) is 2.51. The van der Waals surface area contributed by atoms with Crippen LogP contribution in [0.3, 0.4) is 0 Å². The first-order chi connectivity index (χ1) is 10.8. The number of carbonyl (C=O) groups is 1. The Morgan fingerprint density at radius 1 is 0.957 bits per heavy atom. The number of quaternary nitrogens is 1. The fourth-order valence-electron chi connectivity index (χ4n) is 2.78. The van der Waals surface area contributed by atoms with Gasteiger partial charge in [0, 0.05) is 5.56 Å². The predicted molar refractivity (Wildman–Crippen MR) is 98.3 cm³/mol. The summed E-state index contributed by atoms with van der Waals surface area (Å²) in [5.74, 6) is 0.273. The highest BCUT2D eigenvalue weighted by Crippen LogP contribution is 2.19. The van der Waals surface area contributed by atoms with Gasteiger partial charge in [-0.2, -0.15) is 0 Å². The number of Topliss-reactive ketones (excluding diaryl/α,β-unsaturated/α-hetero) is 1. The van der Waals surface area contributed by atoms with Gasteiger partial charge in [0.15, 0.2) is 5.78 Å². The van der Waals surface area contributed by atoms with Crippen molar-refractivity contribution >= 4 is 16.6 Å². The summed E-state index contributed by atoms with van der Waals surface area (Å²) < 4.78 is 0.820. The first-order valence-electron chi connectivity index (χ1n) is 8.25. The monoisotopic (exact) mass is 310 g/mol. The van der Waals surface area contributed by atoms with E-state index in [0.717, 1.165) is 28.7 Å². The number of benzene rings is 2. The van der Waals surface area contributed by atoms with Gasteiger partial charge in [-0.1, -0.05) is 42.0 Å². The van der Waals surface area contributed by atoms with E-state index < -0.39 is 0 Å². The molecular formula is C21H28NO+. The normalized spacial score (nSPS) is 11.5. The standard InChI is InChI=1S/C21H28NO/c1-16(2)17(3)21(23)12-13-22(4,5)15-18-10-11-19-8-6-7-9-20(19)14-18/h6-11,14H,12-13,15H2,1-5H3/q+1. The summed E-state index contributed by atoms with van der Waals surface area (Å²) in [6, 6.07) is 15.1. The smallest absolute Gasteiger partial charge is 0.164 e. The number of allylic oxidation sites excluding steroid dienone is 2. The van der Waals surface area contributed by atoms with Crippen molar-refractivity contribution < 1.29 is 9.28 Å². The van der Waals surface area contributed by atoms with Crippen LogP contribution in [0.15, 0.2) is 53.6 Å². The lowest BCUT2D eigenvalue weighted by Gasteiger charge is -2.30. The highest BCUT2D eigenvalue weighted by molar-refractivity contribution is 5.95. The minimum Gasteiger partial charge on any atom is -0.324 e. The largest absolute Gasteiger partial charge is 0.324 e. The highest BCUT2D eigenvalue weighted by atomic mass is 16.1. The van der Waals surface area contributed by atoms with E-state index in [0.29, 0.717) is 6.42 Å². The average molecular weight is 310 g/mol. The Morgan fingerprint density at radius 3 is 2.26 bits per heavy atom. The van der Waals surface area contributed by atoms with Gasteiger partial charge in [-0.05, 0) is 43.2 Å². The molecule has 0 bridgehead atoms. The molecule has 0 heterocycles. The SMILES string of the molecule is CC(C)=C(C)C(=O)CC[N+](C)(C)Cc1ccc2ccccc2c1. The van der Waals surface area contributed by atoms with Gasteiger partial charge in [-0.3, -0.25) is 4.79 Å². The number of nitrogens with zero attached hydrogens (tertiary/aromatic N) is 1. The molecule has 2 heteroatoms. The topological polar surface area (TPSA) is 17.1 Å². The van der Waals surface area contributed by atoms with Crippen LogP contribution in [0.1, 0.15) is 32.8 Å². The zero-order valence-electron chi connectivity index (χ0n) is 15.0. The highest BCUT2D eigenvalue weighted by Gasteiger charge is 2.19. The Kier molecular flexibility index (Phi) is 5.38. The first kappa shape index (κ1) is 17.4. The third-order valence-corrected chi connectivity index (χ3v) is 4.54. The van der Waals surface area contributed by atoms with Crippen LogP contribution in [-0.2, 0) is 11.3 Å². The fraction of sp³-hybridized carbons (Fsp3) is 0.381. The lowest BCUT2D eigenvalue weighted by Crippen LogP contribution is -2.40. The molecule has 23 heavy (non-hydrogen) atoms. The van der Waals surface area contributed by atoms with E-state index >= 15 is 0 Å². The number of ketones is 1. The number of rotatable bonds is 6. The molecule has 2 rings (SSSR count). The van der Waals surface area contributed by atoms with Crippen LogP contribution in [-0.4, -0.2) is 30.9 Å². The summed E-state index contributed by atoms with van der Waals surface area (Å²) in [5.41, 5.74) is 3.35. The van der Waals surface area contributed by atoms with Crippen LogP contribution in [0.4, 0.5) is 0 Å². The summed E-state index contributed by atoms with van der Waals surface area (Å²) >= 11 is 0. The van der Waals surface area contributed by atoms with E-state index in [1.165, 1.54) is 16.3 Å². The summed E-state index contributed by atoms with van der Waals surface area (Å²) in [5, 5.41) is 2.55. The van der Waals surface area contributed by atoms with Crippen molar-refractivity contribution in [2.75, 3.05) is 20.6 Å². The molecule has 122 valence electrons. The van der Waals surface area contributed by atoms with Gasteiger partial charge in [0.1, 0.15) is 6.54 Å². The van der Waals surface area contributed by atoms with E-state index in [1.54, 1.807) is 0 Å². The molecule has 0 saturated carbocycles. The van der Waals surface area contributed by atoms with Crippen LogP contribution in [0.25, 0.3) is 10.8 Å². The lowest BCUT2D eigenvalue weighted by molar-refractivity contribution is -0.903. The minimum absolute atomic E-state index is 0.273. The third-order valence-electron chi connectivity index (χ3n) is 4.54. The van der Waals surface area contributed by atoms with Crippen LogP contribution in [0, 0.1) is 0 Å². The maximum absolute atomic E-state index is 12.2. The number of hydrogen-bond acceptors (Lipinski definition) is 1. The molecule has 0 saturated heterocycles. The van der Waals surface area contributed by atoms with Crippen molar-refractivity contribution in [3.8, 4) is 0 Å². The van der Waals surface area contributed by atoms with Crippen LogP contribution in [0.2, 0.25) is 0 Å². The molecule has 0 atom stereocenters. The zero-order chi connectivity index (χ0) is 17.0. The Labute approximate surface area is 140 Å². The van der Waals surface area contributed by atoms with Crippen molar-refractivity contribution in [2.45, 2.75) is 33.7 Å². The predicted octanol–water partition coefficient (Wildman–Crippen LogP) is 4.73. The second-order valence-corrected chi connectivity index (χ2v) is 7.30. The Morgan fingerprint density at radius 2 is 1.61 bits per heavy atom. The Balaban J connectivity index is 2.04. The molecule has 0 N–H and O–H groups in total. The van der Waals surface area contributed by atoms with Gasteiger partial charge in [0.05, 0.1) is 27.1 Å². The van der Waals surface area contributed by atoms with Crippen LogP contribution in [0.5, 0.6) is 0 Å². The zero-order valence-corrected chi connectivity index (χ0v) is 15.0. The molecule has 0 aliphatic carbocycles. The summed E-state index contributed by atoms with van der Waals surface area (Å²) in [6.07, 6.45) is 0.609. The molecule has 0 spiro atoms. The lowest BCUT2D eigenvalue weighted by atomic mass is 10.0. The van der Waals surface area contributed by atoms with Gasteiger partial charge in [0.2, 0.25) is 0 Å². The number of fused-ring (bicyclic) bond motifs is 1. The molecular weight excluding hydrogens is 282 g/mol. The molecule has 2 aromatic carbocycles. The second kappa shape index (κ2) is 7.10. The molecule has 0 aromatic heterocycles. The third kappa shape index (κ3) is 4.77.